The molecule has 78 valence electrons. The summed E-state index contributed by atoms with van der Waals surface area (Å²) in [6.07, 6.45) is 0. The van der Waals surface area contributed by atoms with Gasteiger partial charge in [0.25, 0.3) is 0 Å². The Morgan fingerprint density at radius 1 is 1.20 bits per heavy atom. The molecule has 0 aliphatic heterocycles. The first-order valence-corrected chi connectivity index (χ1v) is 5.81. The fourth-order valence-electron chi connectivity index (χ4n) is 1.68. The van der Waals surface area contributed by atoms with Gasteiger partial charge in [0.15, 0.2) is 0 Å². The topological polar surface area (TPSA) is 25.8 Å². The van der Waals surface area contributed by atoms with E-state index < -0.39 is 0 Å². The zero-order chi connectivity index (χ0) is 11.0. The molecule has 0 spiro atoms. The number of aromatic nitrogens is 2. The molecular weight excluding hydrogens is 252 g/mol. The van der Waals surface area contributed by atoms with E-state index in [1.165, 1.54) is 0 Å². The lowest BCUT2D eigenvalue weighted by Crippen LogP contribution is -1.99. The molecule has 2 nitrogen and oxygen atoms in total. The van der Waals surface area contributed by atoms with E-state index in [1.54, 1.807) is 0 Å². The Morgan fingerprint density at radius 2 is 1.93 bits per heavy atom. The minimum absolute atomic E-state index is 0.420. The van der Waals surface area contributed by atoms with Gasteiger partial charge in [-0.2, -0.15) is 0 Å². The predicted octanol–water partition coefficient (Wildman–Crippen LogP) is 3.82. The lowest BCUT2D eigenvalue weighted by Gasteiger charge is -2.09. The van der Waals surface area contributed by atoms with E-state index in [4.69, 9.17) is 0 Å². The van der Waals surface area contributed by atoms with E-state index in [0.717, 1.165) is 26.9 Å². The van der Waals surface area contributed by atoms with Crippen LogP contribution >= 0.6 is 15.9 Å². The van der Waals surface area contributed by atoms with Gasteiger partial charge in [-0.25, -0.2) is 9.97 Å². The highest BCUT2D eigenvalue weighted by Gasteiger charge is 2.09. The molecule has 0 radical (unpaired) electrons. The van der Waals surface area contributed by atoms with Crippen molar-refractivity contribution >= 4 is 26.8 Å². The highest BCUT2D eigenvalue weighted by molar-refractivity contribution is 9.10. The van der Waals surface area contributed by atoms with E-state index in [2.05, 4.69) is 45.8 Å². The van der Waals surface area contributed by atoms with Crippen molar-refractivity contribution in [1.29, 1.82) is 0 Å². The van der Waals surface area contributed by atoms with Crippen molar-refractivity contribution in [2.75, 3.05) is 0 Å². The van der Waals surface area contributed by atoms with Gasteiger partial charge in [-0.05, 0) is 31.0 Å². The third kappa shape index (κ3) is 2.02. The van der Waals surface area contributed by atoms with Crippen molar-refractivity contribution in [1.82, 2.24) is 9.97 Å². The second-order valence-corrected chi connectivity index (χ2v) is 4.89. The van der Waals surface area contributed by atoms with Crippen molar-refractivity contribution in [3.8, 4) is 0 Å². The summed E-state index contributed by atoms with van der Waals surface area (Å²) in [7, 11) is 0. The molecular formula is C12H13BrN2. The van der Waals surface area contributed by atoms with Gasteiger partial charge in [-0.15, -0.1) is 0 Å². The third-order valence-corrected chi connectivity index (χ3v) is 2.84. The van der Waals surface area contributed by atoms with Crippen LogP contribution in [0.25, 0.3) is 10.9 Å². The van der Waals surface area contributed by atoms with Crippen LogP contribution in [0.2, 0.25) is 0 Å². The first-order chi connectivity index (χ1) is 7.08. The summed E-state index contributed by atoms with van der Waals surface area (Å²) in [5, 5.41) is 1.14. The molecule has 0 fully saturated rings. The van der Waals surface area contributed by atoms with E-state index in [1.807, 2.05) is 19.1 Å². The van der Waals surface area contributed by atoms with Crippen LogP contribution in [-0.4, -0.2) is 9.97 Å². The number of hydrogen-bond acceptors (Lipinski definition) is 2. The molecule has 0 saturated heterocycles. The van der Waals surface area contributed by atoms with Crippen LogP contribution in [0.1, 0.15) is 31.3 Å². The van der Waals surface area contributed by atoms with Gasteiger partial charge in [0, 0.05) is 9.86 Å². The smallest absolute Gasteiger partial charge is 0.126 e. The van der Waals surface area contributed by atoms with Crippen LogP contribution in [0.3, 0.4) is 0 Å². The Bertz CT molecular complexity index is 506. The minimum Gasteiger partial charge on any atom is -0.237 e. The Hall–Kier alpha value is -0.960. The molecule has 0 saturated carbocycles. The third-order valence-electron chi connectivity index (χ3n) is 2.35. The van der Waals surface area contributed by atoms with Gasteiger partial charge >= 0.3 is 0 Å². The van der Waals surface area contributed by atoms with Crippen LogP contribution in [0.5, 0.6) is 0 Å². The fourth-order valence-corrected chi connectivity index (χ4v) is 2.05. The van der Waals surface area contributed by atoms with Crippen LogP contribution in [-0.2, 0) is 0 Å². The molecule has 15 heavy (non-hydrogen) atoms. The van der Waals surface area contributed by atoms with Crippen molar-refractivity contribution in [2.24, 2.45) is 0 Å². The van der Waals surface area contributed by atoms with E-state index in [0.29, 0.717) is 5.92 Å². The molecule has 1 aromatic heterocycles. The molecule has 0 bridgehead atoms. The van der Waals surface area contributed by atoms with Gasteiger partial charge in [0.1, 0.15) is 5.82 Å². The highest BCUT2D eigenvalue weighted by atomic mass is 79.9. The average Bonchev–Trinajstić information content (AvgIpc) is 2.17. The lowest BCUT2D eigenvalue weighted by molar-refractivity contribution is 0.817. The average molecular weight is 265 g/mol. The number of halogens is 1. The molecule has 3 heteroatoms. The van der Waals surface area contributed by atoms with Gasteiger partial charge < -0.3 is 0 Å². The van der Waals surface area contributed by atoms with Crippen molar-refractivity contribution < 1.29 is 0 Å². The fraction of sp³-hybridized carbons (Fsp3) is 0.333. The number of nitrogens with zero attached hydrogens (tertiary/aromatic N) is 2. The molecule has 0 N–H and O–H groups in total. The van der Waals surface area contributed by atoms with Crippen molar-refractivity contribution in [3.63, 3.8) is 0 Å². The van der Waals surface area contributed by atoms with Crippen LogP contribution < -0.4 is 0 Å². The van der Waals surface area contributed by atoms with Gasteiger partial charge in [-0.1, -0.05) is 29.8 Å². The number of hydrogen-bond donors (Lipinski definition) is 0. The maximum Gasteiger partial charge on any atom is 0.126 e. The SMILES string of the molecule is Cc1nc(C(C)C)c2cc(Br)ccc2n1. The lowest BCUT2D eigenvalue weighted by atomic mass is 10.0. The monoisotopic (exact) mass is 264 g/mol. The molecule has 1 heterocycles. The van der Waals surface area contributed by atoms with Gasteiger partial charge in [0.05, 0.1) is 11.2 Å². The first kappa shape index (κ1) is 10.6. The summed E-state index contributed by atoms with van der Waals surface area (Å²) < 4.78 is 1.07. The summed E-state index contributed by atoms with van der Waals surface area (Å²) in [6, 6.07) is 6.13. The Kier molecular flexibility index (Phi) is 2.74. The zero-order valence-corrected chi connectivity index (χ0v) is 10.7. The van der Waals surface area contributed by atoms with Crippen LogP contribution in [0.4, 0.5) is 0 Å². The Labute approximate surface area is 97.9 Å². The predicted molar refractivity (Wildman–Crippen MR) is 66.1 cm³/mol. The Morgan fingerprint density at radius 3 is 2.60 bits per heavy atom. The van der Waals surface area contributed by atoms with Crippen LogP contribution in [0.15, 0.2) is 22.7 Å². The van der Waals surface area contributed by atoms with Crippen molar-refractivity contribution in [3.05, 3.63) is 34.2 Å². The van der Waals surface area contributed by atoms with Crippen LogP contribution in [0, 0.1) is 6.92 Å². The molecule has 1 aromatic carbocycles. The Balaban J connectivity index is 2.81. The molecule has 2 aromatic rings. The zero-order valence-electron chi connectivity index (χ0n) is 9.08. The number of aryl methyl sites for hydroxylation is 1. The summed E-state index contributed by atoms with van der Waals surface area (Å²) >= 11 is 3.48. The summed E-state index contributed by atoms with van der Waals surface area (Å²) in [5.74, 6) is 1.26. The second-order valence-electron chi connectivity index (χ2n) is 3.97. The molecule has 0 aliphatic carbocycles. The summed E-state index contributed by atoms with van der Waals surface area (Å²) in [4.78, 5) is 8.94. The standard InChI is InChI=1S/C12H13BrN2/c1-7(2)12-10-6-9(13)4-5-11(10)14-8(3)15-12/h4-7H,1-3H3. The van der Waals surface area contributed by atoms with Crippen molar-refractivity contribution in [2.45, 2.75) is 26.7 Å². The molecule has 2 rings (SSSR count). The number of fused-ring (bicyclic) bond motifs is 1. The minimum atomic E-state index is 0.420. The van der Waals surface area contributed by atoms with Gasteiger partial charge in [0.2, 0.25) is 0 Å². The summed E-state index contributed by atoms with van der Waals surface area (Å²) in [6.45, 7) is 6.25. The normalized spacial score (nSPS) is 11.3. The largest absolute Gasteiger partial charge is 0.237 e. The molecule has 0 aliphatic rings. The second kappa shape index (κ2) is 3.89. The summed E-state index contributed by atoms with van der Waals surface area (Å²) in [5.41, 5.74) is 2.15. The number of benzene rings is 1. The maximum atomic E-state index is 4.51. The quantitative estimate of drug-likeness (QED) is 0.783. The van der Waals surface area contributed by atoms with E-state index in [9.17, 15) is 0 Å². The van der Waals surface area contributed by atoms with Gasteiger partial charge in [-0.3, -0.25) is 0 Å². The molecule has 0 amide bonds. The number of rotatable bonds is 1. The van der Waals surface area contributed by atoms with E-state index >= 15 is 0 Å². The molecule has 0 unspecified atom stereocenters. The highest BCUT2D eigenvalue weighted by Crippen LogP contribution is 2.25. The maximum absolute atomic E-state index is 4.51. The molecule has 0 atom stereocenters. The first-order valence-electron chi connectivity index (χ1n) is 5.01. The van der Waals surface area contributed by atoms with E-state index in [-0.39, 0.29) is 0 Å².